The Balaban J connectivity index is 1.56. The van der Waals surface area contributed by atoms with Crippen LogP contribution in [-0.2, 0) is 24.2 Å². The van der Waals surface area contributed by atoms with E-state index in [1.54, 1.807) is 6.07 Å². The van der Waals surface area contributed by atoms with Crippen molar-refractivity contribution in [3.8, 4) is 0 Å². The number of hydrogen-bond acceptors (Lipinski definition) is 1. The molecule has 0 spiro atoms. The quantitative estimate of drug-likeness (QED) is 0.536. The summed E-state index contributed by atoms with van der Waals surface area (Å²) in [6.07, 6.45) is 6.36. The molecule has 1 saturated carbocycles. The minimum Gasteiger partial charge on any atom is -0.373 e. The molecule has 26 heavy (non-hydrogen) atoms. The molecule has 1 unspecified atom stereocenters. The standard InChI is InChI=1S/C22H31F3O/c1-2-3-4-16-11-18-14-26-21(13-19(18)20(23)12-16)17-8-5-15(6-9-17)7-10-22(24)25/h11-12,15,17,21-22H,2-10,13-14H2,1H3. The Kier molecular flexibility index (Phi) is 7.02. The number of ether oxygens (including phenoxy) is 1. The third-order valence-corrected chi connectivity index (χ3v) is 6.24. The third-order valence-electron chi connectivity index (χ3n) is 6.24. The minimum atomic E-state index is -2.18. The third kappa shape index (κ3) is 5.03. The van der Waals surface area contributed by atoms with Crippen molar-refractivity contribution in [3.05, 3.63) is 34.6 Å². The lowest BCUT2D eigenvalue weighted by molar-refractivity contribution is -0.0261. The molecule has 1 aromatic rings. The van der Waals surface area contributed by atoms with Crippen LogP contribution in [0.25, 0.3) is 0 Å². The van der Waals surface area contributed by atoms with Gasteiger partial charge < -0.3 is 4.74 Å². The average Bonchev–Trinajstić information content (AvgIpc) is 2.65. The summed E-state index contributed by atoms with van der Waals surface area (Å²) >= 11 is 0. The molecule has 1 atom stereocenters. The molecule has 0 saturated heterocycles. The molecule has 1 fully saturated rings. The van der Waals surface area contributed by atoms with Crippen molar-refractivity contribution in [2.45, 2.75) is 90.3 Å². The highest BCUT2D eigenvalue weighted by molar-refractivity contribution is 5.35. The van der Waals surface area contributed by atoms with E-state index in [0.717, 1.165) is 61.6 Å². The summed E-state index contributed by atoms with van der Waals surface area (Å²) in [5, 5.41) is 0. The van der Waals surface area contributed by atoms with Crippen molar-refractivity contribution in [1.29, 1.82) is 0 Å². The second-order valence-electron chi connectivity index (χ2n) is 8.12. The summed E-state index contributed by atoms with van der Waals surface area (Å²) in [7, 11) is 0. The van der Waals surface area contributed by atoms with Crippen molar-refractivity contribution in [2.75, 3.05) is 0 Å². The minimum absolute atomic E-state index is 0.0220. The van der Waals surface area contributed by atoms with Gasteiger partial charge in [-0.25, -0.2) is 13.2 Å². The normalized spacial score (nSPS) is 26.1. The van der Waals surface area contributed by atoms with Gasteiger partial charge in [0.05, 0.1) is 12.7 Å². The number of aryl methyl sites for hydroxylation is 1. The van der Waals surface area contributed by atoms with Crippen LogP contribution >= 0.6 is 0 Å². The fourth-order valence-corrected chi connectivity index (χ4v) is 4.61. The molecule has 0 amide bonds. The van der Waals surface area contributed by atoms with E-state index in [4.69, 9.17) is 4.74 Å². The molecule has 0 N–H and O–H groups in total. The largest absolute Gasteiger partial charge is 0.373 e. The molecule has 0 bridgehead atoms. The van der Waals surface area contributed by atoms with Gasteiger partial charge in [0.2, 0.25) is 6.43 Å². The van der Waals surface area contributed by atoms with Crippen LogP contribution in [0, 0.1) is 17.7 Å². The topological polar surface area (TPSA) is 9.23 Å². The van der Waals surface area contributed by atoms with E-state index in [0.29, 0.717) is 31.3 Å². The van der Waals surface area contributed by atoms with Crippen molar-refractivity contribution < 1.29 is 17.9 Å². The highest BCUT2D eigenvalue weighted by Crippen LogP contribution is 2.38. The van der Waals surface area contributed by atoms with E-state index < -0.39 is 6.43 Å². The van der Waals surface area contributed by atoms with E-state index in [-0.39, 0.29) is 18.3 Å². The van der Waals surface area contributed by atoms with E-state index in [1.165, 1.54) is 0 Å². The van der Waals surface area contributed by atoms with Crippen LogP contribution in [-0.4, -0.2) is 12.5 Å². The lowest BCUT2D eigenvalue weighted by Gasteiger charge is -2.36. The Hall–Kier alpha value is -1.03. The van der Waals surface area contributed by atoms with Gasteiger partial charge in [-0.3, -0.25) is 0 Å². The first-order valence-electron chi connectivity index (χ1n) is 10.3. The van der Waals surface area contributed by atoms with Gasteiger partial charge in [-0.15, -0.1) is 0 Å². The Morgan fingerprint density at radius 3 is 2.62 bits per heavy atom. The van der Waals surface area contributed by atoms with Crippen LogP contribution in [0.4, 0.5) is 13.2 Å². The van der Waals surface area contributed by atoms with Gasteiger partial charge in [0.25, 0.3) is 0 Å². The van der Waals surface area contributed by atoms with E-state index in [9.17, 15) is 13.2 Å². The fraction of sp³-hybridized carbons (Fsp3) is 0.727. The summed E-state index contributed by atoms with van der Waals surface area (Å²) < 4.78 is 45.5. The highest BCUT2D eigenvalue weighted by Gasteiger charge is 2.32. The van der Waals surface area contributed by atoms with Gasteiger partial charge in [-0.05, 0) is 66.7 Å². The maximum Gasteiger partial charge on any atom is 0.238 e. The first-order chi connectivity index (χ1) is 12.6. The molecule has 1 heterocycles. The predicted molar refractivity (Wildman–Crippen MR) is 98.0 cm³/mol. The lowest BCUT2D eigenvalue weighted by Crippen LogP contribution is -2.33. The summed E-state index contributed by atoms with van der Waals surface area (Å²) in [4.78, 5) is 0. The molecule has 2 aliphatic rings. The lowest BCUT2D eigenvalue weighted by atomic mass is 9.76. The molecule has 146 valence electrons. The second kappa shape index (κ2) is 9.25. The summed E-state index contributed by atoms with van der Waals surface area (Å²) in [5.41, 5.74) is 2.92. The molecule has 4 heteroatoms. The maximum absolute atomic E-state index is 14.6. The molecular weight excluding hydrogens is 337 g/mol. The molecule has 1 aliphatic carbocycles. The summed E-state index contributed by atoms with van der Waals surface area (Å²) in [6, 6.07) is 3.82. The van der Waals surface area contributed by atoms with Crippen LogP contribution in [0.15, 0.2) is 12.1 Å². The van der Waals surface area contributed by atoms with Gasteiger partial charge in [-0.1, -0.05) is 32.3 Å². The van der Waals surface area contributed by atoms with Crippen molar-refractivity contribution in [3.63, 3.8) is 0 Å². The number of alkyl halides is 2. The number of benzene rings is 1. The fourth-order valence-electron chi connectivity index (χ4n) is 4.61. The summed E-state index contributed by atoms with van der Waals surface area (Å²) in [6.45, 7) is 2.65. The molecule has 0 aromatic heterocycles. The molecule has 0 radical (unpaired) electrons. The predicted octanol–water partition coefficient (Wildman–Crippen LogP) is 6.46. The zero-order valence-electron chi connectivity index (χ0n) is 15.8. The maximum atomic E-state index is 14.6. The first kappa shape index (κ1) is 19.7. The Morgan fingerprint density at radius 1 is 1.15 bits per heavy atom. The van der Waals surface area contributed by atoms with Crippen LogP contribution in [0.3, 0.4) is 0 Å². The monoisotopic (exact) mass is 368 g/mol. The molecular formula is C22H31F3O. The van der Waals surface area contributed by atoms with Crippen LogP contribution < -0.4 is 0 Å². The van der Waals surface area contributed by atoms with Gasteiger partial charge in [0, 0.05) is 12.8 Å². The summed E-state index contributed by atoms with van der Waals surface area (Å²) in [5.74, 6) is 0.784. The van der Waals surface area contributed by atoms with Crippen molar-refractivity contribution >= 4 is 0 Å². The van der Waals surface area contributed by atoms with E-state index in [2.05, 4.69) is 13.0 Å². The number of fused-ring (bicyclic) bond motifs is 1. The van der Waals surface area contributed by atoms with Gasteiger partial charge in [0.1, 0.15) is 5.82 Å². The molecule has 1 aliphatic heterocycles. The van der Waals surface area contributed by atoms with Crippen molar-refractivity contribution in [2.24, 2.45) is 11.8 Å². The SMILES string of the molecule is CCCCc1cc(F)c2c(c1)COC(C1CCC(CCC(F)F)CC1)C2. The highest BCUT2D eigenvalue weighted by atomic mass is 19.3. The first-order valence-corrected chi connectivity index (χ1v) is 10.3. The Labute approximate surface area is 155 Å². The van der Waals surface area contributed by atoms with Crippen LogP contribution in [0.5, 0.6) is 0 Å². The number of halogens is 3. The zero-order chi connectivity index (χ0) is 18.5. The number of rotatable bonds is 7. The number of hydrogen-bond donors (Lipinski definition) is 0. The van der Waals surface area contributed by atoms with Gasteiger partial charge in [-0.2, -0.15) is 0 Å². The Bertz CT molecular complexity index is 579. The zero-order valence-corrected chi connectivity index (χ0v) is 15.8. The number of unbranched alkanes of at least 4 members (excludes halogenated alkanes) is 1. The Morgan fingerprint density at radius 2 is 1.92 bits per heavy atom. The van der Waals surface area contributed by atoms with Crippen molar-refractivity contribution in [1.82, 2.24) is 0 Å². The van der Waals surface area contributed by atoms with Gasteiger partial charge >= 0.3 is 0 Å². The van der Waals surface area contributed by atoms with E-state index in [1.807, 2.05) is 0 Å². The van der Waals surface area contributed by atoms with Crippen LogP contribution in [0.1, 0.15) is 75.0 Å². The van der Waals surface area contributed by atoms with Gasteiger partial charge in [0.15, 0.2) is 0 Å². The van der Waals surface area contributed by atoms with E-state index >= 15 is 0 Å². The average molecular weight is 368 g/mol. The molecule has 1 aromatic carbocycles. The van der Waals surface area contributed by atoms with Crippen LogP contribution in [0.2, 0.25) is 0 Å². The molecule has 1 nitrogen and oxygen atoms in total. The molecule has 3 rings (SSSR count). The second-order valence-corrected chi connectivity index (χ2v) is 8.12. The smallest absolute Gasteiger partial charge is 0.238 e.